The number of nitriles is 1. The van der Waals surface area contributed by atoms with Crippen LogP contribution in [0.4, 0.5) is 13.2 Å². The molecule has 0 spiro atoms. The van der Waals surface area contributed by atoms with Crippen LogP contribution < -0.4 is 0 Å². The maximum Gasteiger partial charge on any atom is 0.421 e. The molecule has 0 radical (unpaired) electrons. The second-order valence-corrected chi connectivity index (χ2v) is 9.94. The van der Waals surface area contributed by atoms with Gasteiger partial charge in [-0.15, -0.1) is 11.3 Å². The summed E-state index contributed by atoms with van der Waals surface area (Å²) >= 11 is 1.59. The van der Waals surface area contributed by atoms with E-state index in [1.807, 2.05) is 22.4 Å². The fourth-order valence-corrected chi connectivity index (χ4v) is 5.51. The van der Waals surface area contributed by atoms with Gasteiger partial charge in [0.25, 0.3) is 5.91 Å². The van der Waals surface area contributed by atoms with Crippen LogP contribution in [0, 0.1) is 11.3 Å². The second kappa shape index (κ2) is 8.20. The molecule has 4 rings (SSSR count). The largest absolute Gasteiger partial charge is 0.421 e. The van der Waals surface area contributed by atoms with Crippen molar-refractivity contribution in [3.05, 3.63) is 57.8 Å². The molecule has 1 aromatic carbocycles. The predicted molar refractivity (Wildman–Crippen MR) is 115 cm³/mol. The minimum absolute atomic E-state index is 0.00870. The van der Waals surface area contributed by atoms with Gasteiger partial charge in [0.1, 0.15) is 0 Å². The van der Waals surface area contributed by atoms with Crippen LogP contribution >= 0.6 is 11.3 Å². The zero-order chi connectivity index (χ0) is 23.1. The van der Waals surface area contributed by atoms with Crippen LogP contribution in [0.15, 0.2) is 41.8 Å². The van der Waals surface area contributed by atoms with Crippen molar-refractivity contribution in [3.8, 4) is 6.07 Å². The minimum atomic E-state index is -4.81. The summed E-state index contributed by atoms with van der Waals surface area (Å²) in [6, 6.07) is 11.7. The van der Waals surface area contributed by atoms with E-state index in [1.54, 1.807) is 11.3 Å². The van der Waals surface area contributed by atoms with Gasteiger partial charge in [0.15, 0.2) is 5.60 Å². The minimum Gasteiger partial charge on any atom is -0.376 e. The number of halogens is 3. The molecule has 2 aliphatic carbocycles. The van der Waals surface area contributed by atoms with Gasteiger partial charge in [-0.3, -0.25) is 4.79 Å². The molecule has 2 fully saturated rings. The van der Waals surface area contributed by atoms with Gasteiger partial charge in [0, 0.05) is 22.5 Å². The first-order chi connectivity index (χ1) is 15.1. The lowest BCUT2D eigenvalue weighted by Gasteiger charge is -2.40. The number of alkyl halides is 3. The number of carbonyl (C=O) groups is 1. The molecule has 4 nitrogen and oxygen atoms in total. The van der Waals surface area contributed by atoms with Gasteiger partial charge in [0.2, 0.25) is 0 Å². The SMILES string of the molecule is C[C@](O)(c1ccc(C(=O)N(C2CC2)C2CCC(C#N)(c3cccs3)CC2)cc1)C(F)(F)F. The molecule has 0 unspecified atom stereocenters. The van der Waals surface area contributed by atoms with Gasteiger partial charge >= 0.3 is 6.18 Å². The Bertz CT molecular complexity index is 997. The number of aliphatic hydroxyl groups is 1. The smallest absolute Gasteiger partial charge is 0.376 e. The van der Waals surface area contributed by atoms with E-state index in [1.165, 1.54) is 24.3 Å². The maximum atomic E-state index is 13.3. The molecule has 0 saturated heterocycles. The van der Waals surface area contributed by atoms with Gasteiger partial charge in [-0.05, 0) is 74.6 Å². The maximum absolute atomic E-state index is 13.3. The lowest BCUT2D eigenvalue weighted by atomic mass is 9.72. The van der Waals surface area contributed by atoms with Crippen molar-refractivity contribution in [2.75, 3.05) is 0 Å². The number of hydrogen-bond acceptors (Lipinski definition) is 4. The van der Waals surface area contributed by atoms with E-state index in [9.17, 15) is 28.3 Å². The average Bonchev–Trinajstić information content (AvgIpc) is 3.44. The summed E-state index contributed by atoms with van der Waals surface area (Å²) in [4.78, 5) is 16.3. The Morgan fingerprint density at radius 3 is 2.19 bits per heavy atom. The van der Waals surface area contributed by atoms with Gasteiger partial charge in [-0.25, -0.2) is 0 Å². The van der Waals surface area contributed by atoms with E-state index < -0.39 is 17.2 Å². The quantitative estimate of drug-likeness (QED) is 0.636. The highest BCUT2D eigenvalue weighted by atomic mass is 32.1. The Morgan fingerprint density at radius 2 is 1.72 bits per heavy atom. The molecule has 2 aromatic rings. The Hall–Kier alpha value is -2.37. The topological polar surface area (TPSA) is 64.3 Å². The third kappa shape index (κ3) is 4.04. The van der Waals surface area contributed by atoms with Crippen LogP contribution in [-0.4, -0.2) is 34.2 Å². The van der Waals surface area contributed by atoms with Crippen molar-refractivity contribution < 1.29 is 23.1 Å². The monoisotopic (exact) mass is 462 g/mol. The first-order valence-electron chi connectivity index (χ1n) is 10.8. The normalized spacial score (nSPS) is 25.6. The fourth-order valence-electron chi connectivity index (χ4n) is 4.57. The number of amides is 1. The summed E-state index contributed by atoms with van der Waals surface area (Å²) in [6.07, 6.45) is -0.189. The first-order valence-corrected chi connectivity index (χ1v) is 11.6. The Morgan fingerprint density at radius 1 is 1.12 bits per heavy atom. The number of hydrogen-bond donors (Lipinski definition) is 1. The van der Waals surface area contributed by atoms with E-state index in [0.29, 0.717) is 38.2 Å². The predicted octanol–water partition coefficient (Wildman–Crippen LogP) is 5.53. The molecule has 170 valence electrons. The molecule has 2 aliphatic rings. The summed E-state index contributed by atoms with van der Waals surface area (Å²) in [5.41, 5.74) is -3.47. The van der Waals surface area contributed by atoms with Crippen LogP contribution in [0.2, 0.25) is 0 Å². The zero-order valence-electron chi connectivity index (χ0n) is 17.7. The zero-order valence-corrected chi connectivity index (χ0v) is 18.5. The van der Waals surface area contributed by atoms with Crippen LogP contribution in [0.5, 0.6) is 0 Å². The Labute approximate surface area is 189 Å². The summed E-state index contributed by atoms with van der Waals surface area (Å²) < 4.78 is 39.3. The van der Waals surface area contributed by atoms with Crippen molar-refractivity contribution >= 4 is 17.2 Å². The molecule has 1 heterocycles. The van der Waals surface area contributed by atoms with Crippen LogP contribution in [-0.2, 0) is 11.0 Å². The standard InChI is InChI=1S/C24H25F3N2O2S/c1-22(31,24(25,26)27)17-6-4-16(5-7-17)21(30)29(18-8-9-18)19-10-12-23(15-28,13-11-19)20-3-2-14-32-20/h2-7,14,18-19,31H,8-13H2,1H3/t19?,22-,23?/m0/s1. The molecule has 1 atom stereocenters. The highest BCUT2D eigenvalue weighted by molar-refractivity contribution is 7.10. The molecule has 0 bridgehead atoms. The lowest BCUT2D eigenvalue weighted by molar-refractivity contribution is -0.258. The van der Waals surface area contributed by atoms with Gasteiger partial charge in [-0.1, -0.05) is 18.2 Å². The number of carbonyl (C=O) groups excluding carboxylic acids is 1. The van der Waals surface area contributed by atoms with E-state index in [-0.39, 0.29) is 23.6 Å². The van der Waals surface area contributed by atoms with Crippen LogP contribution in [0.25, 0.3) is 0 Å². The Balaban J connectivity index is 1.51. The van der Waals surface area contributed by atoms with Crippen LogP contribution in [0.3, 0.4) is 0 Å². The molecule has 1 amide bonds. The number of benzene rings is 1. The number of rotatable bonds is 5. The van der Waals surface area contributed by atoms with Crippen molar-refractivity contribution in [1.82, 2.24) is 4.90 Å². The molecule has 8 heteroatoms. The summed E-state index contributed by atoms with van der Waals surface area (Å²) in [7, 11) is 0. The van der Waals surface area contributed by atoms with Gasteiger partial charge in [0.05, 0.1) is 11.5 Å². The van der Waals surface area contributed by atoms with E-state index >= 15 is 0 Å². The molecule has 1 aromatic heterocycles. The van der Waals surface area contributed by atoms with E-state index in [0.717, 1.165) is 17.7 Å². The number of thiophene rings is 1. The van der Waals surface area contributed by atoms with Crippen molar-refractivity contribution in [2.45, 2.75) is 74.7 Å². The third-order valence-electron chi connectivity index (χ3n) is 6.83. The van der Waals surface area contributed by atoms with Crippen molar-refractivity contribution in [2.24, 2.45) is 0 Å². The highest BCUT2D eigenvalue weighted by Gasteiger charge is 2.51. The highest BCUT2D eigenvalue weighted by Crippen LogP contribution is 2.44. The molecule has 32 heavy (non-hydrogen) atoms. The first kappa shape index (κ1) is 22.8. The lowest BCUT2D eigenvalue weighted by Crippen LogP contribution is -2.46. The average molecular weight is 463 g/mol. The van der Waals surface area contributed by atoms with Gasteiger partial charge in [-0.2, -0.15) is 18.4 Å². The van der Waals surface area contributed by atoms with E-state index in [4.69, 9.17) is 0 Å². The van der Waals surface area contributed by atoms with Crippen LogP contribution in [0.1, 0.15) is 66.2 Å². The second-order valence-electron chi connectivity index (χ2n) is 8.99. The molecule has 0 aliphatic heterocycles. The third-order valence-corrected chi connectivity index (χ3v) is 7.90. The molecule has 2 saturated carbocycles. The summed E-state index contributed by atoms with van der Waals surface area (Å²) in [6.45, 7) is 0.706. The molecule has 1 N–H and O–H groups in total. The van der Waals surface area contributed by atoms with Gasteiger partial charge < -0.3 is 10.0 Å². The Kier molecular flexibility index (Phi) is 5.84. The fraction of sp³-hybridized carbons (Fsp3) is 0.500. The summed E-state index contributed by atoms with van der Waals surface area (Å²) in [5, 5.41) is 21.7. The number of nitrogens with zero attached hydrogens (tertiary/aromatic N) is 2. The molecular formula is C24H25F3N2O2S. The summed E-state index contributed by atoms with van der Waals surface area (Å²) in [5.74, 6) is -0.198. The van der Waals surface area contributed by atoms with Crippen molar-refractivity contribution in [3.63, 3.8) is 0 Å². The van der Waals surface area contributed by atoms with Crippen molar-refractivity contribution in [1.29, 1.82) is 5.26 Å². The van der Waals surface area contributed by atoms with E-state index in [2.05, 4.69) is 6.07 Å². The molecular weight excluding hydrogens is 437 g/mol.